The number of anilines is 1. The summed E-state index contributed by atoms with van der Waals surface area (Å²) >= 11 is 5.62. The van der Waals surface area contributed by atoms with Crippen molar-refractivity contribution in [3.05, 3.63) is 38.4 Å². The summed E-state index contributed by atoms with van der Waals surface area (Å²) in [6.45, 7) is 2.07. The molecule has 0 amide bonds. The summed E-state index contributed by atoms with van der Waals surface area (Å²) in [6.07, 6.45) is 2.18. The van der Waals surface area contributed by atoms with E-state index in [4.69, 9.17) is 16.3 Å². The lowest BCUT2D eigenvalue weighted by molar-refractivity contribution is -0.393. The van der Waals surface area contributed by atoms with Gasteiger partial charge in [-0.15, -0.1) is 11.6 Å². The molecule has 1 N–H and O–H groups in total. The van der Waals surface area contributed by atoms with Gasteiger partial charge in [0.05, 0.1) is 22.5 Å². The quantitative estimate of drug-likeness (QED) is 0.153. The fourth-order valence-electron chi connectivity index (χ4n) is 1.88. The number of non-ortho nitro benzene ring substituents is 1. The molecule has 0 bridgehead atoms. The van der Waals surface area contributed by atoms with E-state index in [1.54, 1.807) is 0 Å². The summed E-state index contributed by atoms with van der Waals surface area (Å²) in [5, 5.41) is 25.8. The molecule has 0 spiro atoms. The second-order valence-electron chi connectivity index (χ2n) is 5.17. The van der Waals surface area contributed by atoms with E-state index < -0.39 is 27.2 Å². The van der Waals surface area contributed by atoms with Crippen LogP contribution in [0.1, 0.15) is 32.6 Å². The molecular formula is C15H19ClN4O6. The molecular weight excluding hydrogens is 368 g/mol. The van der Waals surface area contributed by atoms with Crippen molar-refractivity contribution in [2.45, 2.75) is 32.6 Å². The molecule has 0 aliphatic rings. The third-order valence-corrected chi connectivity index (χ3v) is 3.44. The van der Waals surface area contributed by atoms with Gasteiger partial charge < -0.3 is 4.74 Å². The van der Waals surface area contributed by atoms with Crippen LogP contribution in [0.25, 0.3) is 0 Å². The number of ether oxygens (including phenoxy) is 1. The van der Waals surface area contributed by atoms with Crippen LogP contribution in [-0.2, 0) is 9.53 Å². The van der Waals surface area contributed by atoms with Crippen LogP contribution in [0.4, 0.5) is 17.1 Å². The third kappa shape index (κ3) is 6.63. The number of rotatable bonds is 11. The van der Waals surface area contributed by atoms with Crippen LogP contribution in [0.3, 0.4) is 0 Å². The first kappa shape index (κ1) is 21.3. The van der Waals surface area contributed by atoms with Gasteiger partial charge in [-0.05, 0) is 31.7 Å². The van der Waals surface area contributed by atoms with Crippen molar-refractivity contribution < 1.29 is 19.4 Å². The van der Waals surface area contributed by atoms with E-state index in [1.807, 2.05) is 6.92 Å². The van der Waals surface area contributed by atoms with Crippen molar-refractivity contribution in [1.82, 2.24) is 0 Å². The lowest BCUT2D eigenvalue weighted by Crippen LogP contribution is -2.19. The van der Waals surface area contributed by atoms with E-state index in [9.17, 15) is 25.0 Å². The van der Waals surface area contributed by atoms with E-state index in [0.29, 0.717) is 25.1 Å². The summed E-state index contributed by atoms with van der Waals surface area (Å²) in [5.41, 5.74) is 1.49. The summed E-state index contributed by atoms with van der Waals surface area (Å²) < 4.78 is 5.03. The molecule has 0 unspecified atom stereocenters. The predicted octanol–water partition coefficient (Wildman–Crippen LogP) is 3.63. The van der Waals surface area contributed by atoms with Gasteiger partial charge in [0.2, 0.25) is 0 Å². The smallest absolute Gasteiger partial charge is 0.354 e. The summed E-state index contributed by atoms with van der Waals surface area (Å²) in [6, 6.07) is 3.08. The number of hydrogen-bond acceptors (Lipinski definition) is 8. The van der Waals surface area contributed by atoms with Gasteiger partial charge in [0.25, 0.3) is 5.69 Å². The molecule has 1 rings (SSSR count). The van der Waals surface area contributed by atoms with Crippen LogP contribution in [0.5, 0.6) is 0 Å². The number of nitro benzene ring substituents is 2. The Kier molecular flexibility index (Phi) is 8.99. The Labute approximate surface area is 154 Å². The molecule has 0 heterocycles. The Bertz CT molecular complexity index is 695. The fraction of sp³-hybridized carbons (Fsp3) is 0.467. The molecule has 0 aromatic heterocycles. The molecule has 0 atom stereocenters. The van der Waals surface area contributed by atoms with Crippen LogP contribution in [0.2, 0.25) is 0 Å². The van der Waals surface area contributed by atoms with Crippen molar-refractivity contribution in [3.63, 3.8) is 0 Å². The maximum absolute atomic E-state index is 12.0. The van der Waals surface area contributed by atoms with Crippen LogP contribution in [0.15, 0.2) is 23.3 Å². The number of benzene rings is 1. The third-order valence-electron chi connectivity index (χ3n) is 3.17. The largest absolute Gasteiger partial charge is 0.461 e. The lowest BCUT2D eigenvalue weighted by atomic mass is 10.2. The van der Waals surface area contributed by atoms with Crippen LogP contribution >= 0.6 is 11.6 Å². The molecule has 1 aromatic rings. The number of carbonyl (C=O) groups is 1. The maximum Gasteiger partial charge on any atom is 0.354 e. The number of carbonyl (C=O) groups excluding carboxylic acids is 1. The first-order valence-electron chi connectivity index (χ1n) is 7.89. The van der Waals surface area contributed by atoms with Crippen LogP contribution < -0.4 is 5.43 Å². The van der Waals surface area contributed by atoms with Crippen LogP contribution in [0, 0.1) is 20.2 Å². The highest BCUT2D eigenvalue weighted by Gasteiger charge is 2.20. The van der Waals surface area contributed by atoms with Gasteiger partial charge in [-0.3, -0.25) is 25.7 Å². The Balaban J connectivity index is 3.04. The SMILES string of the molecule is CCCOC(=O)C(CCCCCl)=NNc1ccc([N+](=O)[O-])cc1[N+](=O)[O-]. The van der Waals surface area contributed by atoms with E-state index in [0.717, 1.165) is 18.2 Å². The molecule has 0 aliphatic heterocycles. The normalized spacial score (nSPS) is 11.1. The average molecular weight is 387 g/mol. The number of hydrogen-bond donors (Lipinski definition) is 1. The minimum atomic E-state index is -0.770. The van der Waals surface area contributed by atoms with Gasteiger partial charge >= 0.3 is 11.7 Å². The van der Waals surface area contributed by atoms with E-state index in [1.165, 1.54) is 0 Å². The fourth-order valence-corrected chi connectivity index (χ4v) is 2.06. The lowest BCUT2D eigenvalue weighted by Gasteiger charge is -2.08. The summed E-state index contributed by atoms with van der Waals surface area (Å²) in [5.74, 6) is -0.197. The van der Waals surface area contributed by atoms with Gasteiger partial charge in [0, 0.05) is 11.9 Å². The standard InChI is InChI=1S/C15H19ClN4O6/c1-2-9-26-15(21)13(5-3-4-8-16)18-17-12-7-6-11(19(22)23)10-14(12)20(24)25/h6-7,10,17H,2-5,8-9H2,1H3. The first-order valence-corrected chi connectivity index (χ1v) is 8.42. The van der Waals surface area contributed by atoms with E-state index in [-0.39, 0.29) is 24.4 Å². The maximum atomic E-state index is 12.0. The van der Waals surface area contributed by atoms with Crippen molar-refractivity contribution >= 4 is 40.3 Å². The molecule has 11 heteroatoms. The Morgan fingerprint density at radius 1 is 1.27 bits per heavy atom. The van der Waals surface area contributed by atoms with Crippen LogP contribution in [-0.4, -0.2) is 34.0 Å². The zero-order valence-electron chi connectivity index (χ0n) is 14.1. The predicted molar refractivity (Wildman–Crippen MR) is 96.6 cm³/mol. The Morgan fingerprint density at radius 2 is 2.00 bits per heavy atom. The molecule has 10 nitrogen and oxygen atoms in total. The average Bonchev–Trinajstić information content (AvgIpc) is 2.62. The summed E-state index contributed by atoms with van der Waals surface area (Å²) in [7, 11) is 0. The number of unbranched alkanes of at least 4 members (excludes halogenated alkanes) is 1. The Morgan fingerprint density at radius 3 is 2.58 bits per heavy atom. The zero-order valence-corrected chi connectivity index (χ0v) is 14.9. The minimum absolute atomic E-state index is 0.0659. The highest BCUT2D eigenvalue weighted by Crippen LogP contribution is 2.29. The second kappa shape index (κ2) is 11.0. The number of nitrogens with one attached hydrogen (secondary N) is 1. The Hall–Kier alpha value is -2.75. The zero-order chi connectivity index (χ0) is 19.5. The molecule has 0 fully saturated rings. The molecule has 0 saturated carbocycles. The van der Waals surface area contributed by atoms with Gasteiger partial charge in [-0.25, -0.2) is 4.79 Å². The molecule has 0 radical (unpaired) electrons. The number of alkyl halides is 1. The molecule has 26 heavy (non-hydrogen) atoms. The van der Waals surface area contributed by atoms with Crippen molar-refractivity contribution in [3.8, 4) is 0 Å². The highest BCUT2D eigenvalue weighted by molar-refractivity contribution is 6.36. The van der Waals surface area contributed by atoms with Crippen molar-refractivity contribution in [2.75, 3.05) is 17.9 Å². The second-order valence-corrected chi connectivity index (χ2v) is 5.55. The number of halogens is 1. The van der Waals surface area contributed by atoms with Gasteiger partial charge in [-0.1, -0.05) is 6.92 Å². The molecule has 1 aromatic carbocycles. The van der Waals surface area contributed by atoms with Crippen molar-refractivity contribution in [1.29, 1.82) is 0 Å². The van der Waals surface area contributed by atoms with Crippen molar-refractivity contribution in [2.24, 2.45) is 5.10 Å². The molecule has 0 saturated heterocycles. The van der Waals surface area contributed by atoms with Gasteiger partial charge in [0.1, 0.15) is 11.4 Å². The minimum Gasteiger partial charge on any atom is -0.461 e. The number of nitro groups is 2. The first-order chi connectivity index (χ1) is 12.4. The highest BCUT2D eigenvalue weighted by atomic mass is 35.5. The number of esters is 1. The van der Waals surface area contributed by atoms with E-state index >= 15 is 0 Å². The number of nitrogens with zero attached hydrogens (tertiary/aromatic N) is 3. The van der Waals surface area contributed by atoms with Gasteiger partial charge in [0.15, 0.2) is 0 Å². The topological polar surface area (TPSA) is 137 Å². The molecule has 0 aliphatic carbocycles. The van der Waals surface area contributed by atoms with Gasteiger partial charge in [-0.2, -0.15) is 5.10 Å². The molecule has 142 valence electrons. The summed E-state index contributed by atoms with van der Waals surface area (Å²) in [4.78, 5) is 32.4. The van der Waals surface area contributed by atoms with E-state index in [2.05, 4.69) is 10.5 Å². The monoisotopic (exact) mass is 386 g/mol. The number of hydrazone groups is 1.